The maximum absolute atomic E-state index is 13.2. The molecule has 0 N–H and O–H groups in total. The summed E-state index contributed by atoms with van der Waals surface area (Å²) in [7, 11) is 1.84. The smallest absolute Gasteiger partial charge is 0.279 e. The predicted octanol–water partition coefficient (Wildman–Crippen LogP) is 4.90. The van der Waals surface area contributed by atoms with Gasteiger partial charge >= 0.3 is 0 Å². The molecule has 1 amide bonds. The van der Waals surface area contributed by atoms with Crippen LogP contribution in [-0.4, -0.2) is 10.5 Å². The van der Waals surface area contributed by atoms with Gasteiger partial charge in [0.25, 0.3) is 5.91 Å². The van der Waals surface area contributed by atoms with Crippen LogP contribution in [0.5, 0.6) is 0 Å². The lowest BCUT2D eigenvalue weighted by atomic mass is 10.1. The highest BCUT2D eigenvalue weighted by atomic mass is 35.5. The quantitative estimate of drug-likeness (QED) is 0.628. The summed E-state index contributed by atoms with van der Waals surface area (Å²) >= 11 is 7.51. The Morgan fingerprint density at radius 2 is 1.84 bits per heavy atom. The number of aryl methyl sites for hydroxylation is 2. The number of halogens is 2. The second-order valence-electron chi connectivity index (χ2n) is 5.74. The van der Waals surface area contributed by atoms with Crippen LogP contribution in [0.15, 0.2) is 47.5 Å². The number of nitrogens with zero attached hydrogens (tertiary/aromatic N) is 2. The second kappa shape index (κ2) is 6.94. The van der Waals surface area contributed by atoms with Gasteiger partial charge in [-0.1, -0.05) is 17.7 Å². The molecular formula is C19H16ClFN2OS. The van der Waals surface area contributed by atoms with Crippen molar-refractivity contribution < 1.29 is 9.18 Å². The summed E-state index contributed by atoms with van der Waals surface area (Å²) in [6.45, 7) is 3.83. The van der Waals surface area contributed by atoms with Gasteiger partial charge in [-0.25, -0.2) is 4.39 Å². The second-order valence-corrected chi connectivity index (χ2v) is 7.33. The van der Waals surface area contributed by atoms with E-state index in [-0.39, 0.29) is 11.7 Å². The van der Waals surface area contributed by atoms with Gasteiger partial charge in [0.2, 0.25) is 0 Å². The molecule has 1 heterocycles. The SMILES string of the molecule is Cc1ccc(C(=O)N=c2sc(C)c(-c3ccc(F)cc3)n2C)cc1Cl. The molecule has 0 aliphatic heterocycles. The molecule has 0 radical (unpaired) electrons. The third-order valence-corrected chi connectivity index (χ3v) is 5.39. The molecule has 0 aliphatic rings. The van der Waals surface area contributed by atoms with Crippen LogP contribution in [0.1, 0.15) is 20.8 Å². The van der Waals surface area contributed by atoms with Gasteiger partial charge in [0.05, 0.1) is 5.69 Å². The third kappa shape index (κ3) is 3.57. The first-order valence-corrected chi connectivity index (χ1v) is 8.84. The summed E-state index contributed by atoms with van der Waals surface area (Å²) in [6, 6.07) is 11.4. The van der Waals surface area contributed by atoms with E-state index in [1.165, 1.54) is 23.5 Å². The molecule has 25 heavy (non-hydrogen) atoms. The number of aromatic nitrogens is 1. The first-order chi connectivity index (χ1) is 11.9. The van der Waals surface area contributed by atoms with Gasteiger partial charge in [-0.15, -0.1) is 11.3 Å². The zero-order valence-electron chi connectivity index (χ0n) is 14.0. The normalized spacial score (nSPS) is 11.8. The molecule has 3 rings (SSSR count). The number of carbonyl (C=O) groups excluding carboxylic acids is 1. The number of amides is 1. The van der Waals surface area contributed by atoms with Crippen molar-refractivity contribution in [3.63, 3.8) is 0 Å². The van der Waals surface area contributed by atoms with Gasteiger partial charge in [0.1, 0.15) is 5.82 Å². The third-order valence-electron chi connectivity index (χ3n) is 3.93. The average Bonchev–Trinajstić information content (AvgIpc) is 2.85. The van der Waals surface area contributed by atoms with Crippen molar-refractivity contribution in [3.8, 4) is 11.3 Å². The average molecular weight is 375 g/mol. The molecule has 0 bridgehead atoms. The van der Waals surface area contributed by atoms with Crippen molar-refractivity contribution in [2.24, 2.45) is 12.0 Å². The van der Waals surface area contributed by atoms with E-state index in [0.29, 0.717) is 15.4 Å². The van der Waals surface area contributed by atoms with Gasteiger partial charge in [0, 0.05) is 22.5 Å². The molecule has 2 aromatic carbocycles. The van der Waals surface area contributed by atoms with Gasteiger partial charge in [0.15, 0.2) is 4.80 Å². The van der Waals surface area contributed by atoms with Crippen LogP contribution in [-0.2, 0) is 7.05 Å². The minimum absolute atomic E-state index is 0.282. The van der Waals surface area contributed by atoms with Gasteiger partial charge in [-0.05, 0) is 61.4 Å². The van der Waals surface area contributed by atoms with Gasteiger partial charge < -0.3 is 4.57 Å². The summed E-state index contributed by atoms with van der Waals surface area (Å²) in [5.41, 5.74) is 3.16. The number of rotatable bonds is 2. The Bertz CT molecular complexity index is 1020. The van der Waals surface area contributed by atoms with Crippen LogP contribution in [0.25, 0.3) is 11.3 Å². The molecule has 0 fully saturated rings. The van der Waals surface area contributed by atoms with E-state index >= 15 is 0 Å². The number of thiazole rings is 1. The largest absolute Gasteiger partial charge is 0.319 e. The minimum Gasteiger partial charge on any atom is -0.319 e. The molecular weight excluding hydrogens is 359 g/mol. The summed E-state index contributed by atoms with van der Waals surface area (Å²) < 4.78 is 15.0. The van der Waals surface area contributed by atoms with Crippen molar-refractivity contribution in [2.45, 2.75) is 13.8 Å². The Morgan fingerprint density at radius 1 is 1.16 bits per heavy atom. The lowest BCUT2D eigenvalue weighted by Crippen LogP contribution is -2.14. The molecule has 128 valence electrons. The van der Waals surface area contributed by atoms with Crippen molar-refractivity contribution in [1.82, 2.24) is 4.57 Å². The van der Waals surface area contributed by atoms with E-state index in [2.05, 4.69) is 4.99 Å². The Balaban J connectivity index is 2.04. The lowest BCUT2D eigenvalue weighted by molar-refractivity contribution is 0.0998. The fraction of sp³-hybridized carbons (Fsp3) is 0.158. The standard InChI is InChI=1S/C19H16ClFN2OS/c1-11-4-5-14(10-16(11)20)18(24)22-19-23(3)17(12(2)25-19)13-6-8-15(21)9-7-13/h4-10H,1-3H3. The van der Waals surface area contributed by atoms with Crippen LogP contribution in [0.2, 0.25) is 5.02 Å². The van der Waals surface area contributed by atoms with E-state index in [0.717, 1.165) is 21.7 Å². The fourth-order valence-corrected chi connectivity index (χ4v) is 3.73. The predicted molar refractivity (Wildman–Crippen MR) is 99.5 cm³/mol. The van der Waals surface area contributed by atoms with E-state index < -0.39 is 0 Å². The van der Waals surface area contributed by atoms with Crippen LogP contribution >= 0.6 is 22.9 Å². The van der Waals surface area contributed by atoms with Crippen LogP contribution in [0.4, 0.5) is 4.39 Å². The molecule has 0 saturated carbocycles. The molecule has 1 aromatic heterocycles. The summed E-state index contributed by atoms with van der Waals surface area (Å²) in [5, 5.41) is 0.541. The van der Waals surface area contributed by atoms with Crippen molar-refractivity contribution >= 4 is 28.8 Å². The monoisotopic (exact) mass is 374 g/mol. The Labute approximate surface area is 154 Å². The number of benzene rings is 2. The summed E-state index contributed by atoms with van der Waals surface area (Å²) in [5.74, 6) is -0.625. The maximum atomic E-state index is 13.2. The van der Waals surface area contributed by atoms with E-state index in [1.54, 1.807) is 30.3 Å². The molecule has 0 spiro atoms. The molecule has 0 saturated heterocycles. The van der Waals surface area contributed by atoms with Crippen LogP contribution in [0.3, 0.4) is 0 Å². The highest BCUT2D eigenvalue weighted by Gasteiger charge is 2.12. The van der Waals surface area contributed by atoms with Gasteiger partial charge in [-0.3, -0.25) is 4.79 Å². The highest BCUT2D eigenvalue weighted by Crippen LogP contribution is 2.24. The zero-order valence-corrected chi connectivity index (χ0v) is 15.6. The van der Waals surface area contributed by atoms with Crippen molar-refractivity contribution in [1.29, 1.82) is 0 Å². The minimum atomic E-state index is -0.343. The maximum Gasteiger partial charge on any atom is 0.279 e. The number of hydrogen-bond acceptors (Lipinski definition) is 2. The molecule has 0 unspecified atom stereocenters. The topological polar surface area (TPSA) is 34.4 Å². The Hall–Kier alpha value is -2.24. The molecule has 3 aromatic rings. The van der Waals surface area contributed by atoms with Gasteiger partial charge in [-0.2, -0.15) is 4.99 Å². The van der Waals surface area contributed by atoms with Crippen LogP contribution < -0.4 is 4.80 Å². The van der Waals surface area contributed by atoms with Crippen molar-refractivity contribution in [3.05, 3.63) is 74.1 Å². The number of hydrogen-bond donors (Lipinski definition) is 0. The first kappa shape index (κ1) is 17.6. The highest BCUT2D eigenvalue weighted by molar-refractivity contribution is 7.09. The Morgan fingerprint density at radius 3 is 2.48 bits per heavy atom. The molecule has 3 nitrogen and oxygen atoms in total. The number of carbonyl (C=O) groups is 1. The molecule has 0 atom stereocenters. The van der Waals surface area contributed by atoms with E-state index in [4.69, 9.17) is 11.6 Å². The van der Waals surface area contributed by atoms with E-state index in [1.807, 2.05) is 25.5 Å². The zero-order chi connectivity index (χ0) is 18.1. The molecule has 6 heteroatoms. The lowest BCUT2D eigenvalue weighted by Gasteiger charge is -2.04. The summed E-state index contributed by atoms with van der Waals surface area (Å²) in [4.78, 5) is 18.3. The van der Waals surface area contributed by atoms with Crippen molar-refractivity contribution in [2.75, 3.05) is 0 Å². The Kier molecular flexibility index (Phi) is 4.88. The first-order valence-electron chi connectivity index (χ1n) is 7.64. The fourth-order valence-electron chi connectivity index (χ4n) is 2.57. The van der Waals surface area contributed by atoms with E-state index in [9.17, 15) is 9.18 Å². The van der Waals surface area contributed by atoms with Crippen LogP contribution in [0, 0.1) is 19.7 Å². The summed E-state index contributed by atoms with van der Waals surface area (Å²) in [6.07, 6.45) is 0. The molecule has 0 aliphatic carbocycles.